The predicted octanol–water partition coefficient (Wildman–Crippen LogP) is 3.49. The molecule has 20 heavy (non-hydrogen) atoms. The molecule has 0 aliphatic rings. The lowest BCUT2D eigenvalue weighted by Crippen LogP contribution is -2.02. The lowest BCUT2D eigenvalue weighted by Gasteiger charge is -2.04. The Balaban J connectivity index is 1.86. The number of aryl methyl sites for hydroxylation is 1. The highest BCUT2D eigenvalue weighted by molar-refractivity contribution is 8.00. The van der Waals surface area contributed by atoms with Crippen molar-refractivity contribution in [3.8, 4) is 5.69 Å². The summed E-state index contributed by atoms with van der Waals surface area (Å²) in [5, 5.41) is 13.1. The predicted molar refractivity (Wildman–Crippen MR) is 79.8 cm³/mol. The van der Waals surface area contributed by atoms with E-state index >= 15 is 0 Å². The maximum atomic E-state index is 5.85. The number of para-hydroxylation sites is 1. The molecule has 0 N–H and O–H groups in total. The second-order valence-corrected chi connectivity index (χ2v) is 6.75. The van der Waals surface area contributed by atoms with Crippen LogP contribution in [0, 0.1) is 0 Å². The fraction of sp³-hybridized carbons (Fsp3) is 0.167. The molecule has 3 aromatic rings. The number of hydrogen-bond donors (Lipinski definition) is 0. The van der Waals surface area contributed by atoms with Gasteiger partial charge in [0.05, 0.1) is 11.9 Å². The van der Waals surface area contributed by atoms with Gasteiger partial charge in [-0.3, -0.25) is 0 Å². The summed E-state index contributed by atoms with van der Waals surface area (Å²) in [7, 11) is 0. The van der Waals surface area contributed by atoms with E-state index in [9.17, 15) is 0 Å². The van der Waals surface area contributed by atoms with Gasteiger partial charge in [-0.15, -0.1) is 15.0 Å². The van der Waals surface area contributed by atoms with Crippen molar-refractivity contribution in [1.29, 1.82) is 0 Å². The zero-order valence-electron chi connectivity index (χ0n) is 10.5. The minimum absolute atomic E-state index is 0.557. The van der Waals surface area contributed by atoms with E-state index in [1.807, 2.05) is 18.2 Å². The van der Waals surface area contributed by atoms with E-state index in [0.29, 0.717) is 9.49 Å². The van der Waals surface area contributed by atoms with Gasteiger partial charge in [0.1, 0.15) is 4.34 Å². The van der Waals surface area contributed by atoms with Crippen LogP contribution < -0.4 is 0 Å². The first-order valence-electron chi connectivity index (χ1n) is 5.93. The Hall–Kier alpha value is -1.44. The zero-order chi connectivity index (χ0) is 13.9. The molecule has 1 aromatic carbocycles. The van der Waals surface area contributed by atoms with Crippen LogP contribution in [0.1, 0.15) is 12.5 Å². The van der Waals surface area contributed by atoms with Gasteiger partial charge in [-0.2, -0.15) is 0 Å². The second kappa shape index (κ2) is 5.90. The van der Waals surface area contributed by atoms with Gasteiger partial charge in [-0.25, -0.2) is 4.98 Å². The third-order valence-corrected chi connectivity index (χ3v) is 4.65. The average Bonchev–Trinajstić information content (AvgIpc) is 3.08. The minimum atomic E-state index is 0.557. The van der Waals surface area contributed by atoms with Gasteiger partial charge in [0.15, 0.2) is 4.34 Å². The Labute approximate surface area is 129 Å². The Morgan fingerprint density at radius 3 is 2.95 bits per heavy atom. The molecule has 0 aliphatic heterocycles. The molecule has 0 spiro atoms. The summed E-state index contributed by atoms with van der Waals surface area (Å²) >= 11 is 8.60. The highest BCUT2D eigenvalue weighted by Gasteiger charge is 2.11. The molecule has 0 saturated carbocycles. The number of tetrazole rings is 1. The average molecular weight is 324 g/mol. The van der Waals surface area contributed by atoms with Crippen molar-refractivity contribution in [3.63, 3.8) is 0 Å². The third kappa shape index (κ3) is 2.84. The van der Waals surface area contributed by atoms with Crippen molar-refractivity contribution in [2.45, 2.75) is 22.8 Å². The fourth-order valence-corrected chi connectivity index (χ4v) is 3.61. The van der Waals surface area contributed by atoms with Crippen LogP contribution in [-0.2, 0) is 6.42 Å². The molecule has 2 aromatic heterocycles. The molecule has 0 fully saturated rings. The maximum Gasteiger partial charge on any atom is 0.238 e. The van der Waals surface area contributed by atoms with E-state index in [-0.39, 0.29) is 0 Å². The second-order valence-electron chi connectivity index (χ2n) is 3.88. The summed E-state index contributed by atoms with van der Waals surface area (Å²) in [5.41, 5.74) is 2.13. The maximum absolute atomic E-state index is 5.85. The molecule has 0 aliphatic carbocycles. The van der Waals surface area contributed by atoms with Crippen LogP contribution in [0.15, 0.2) is 40.0 Å². The van der Waals surface area contributed by atoms with Gasteiger partial charge >= 0.3 is 0 Å². The smallest absolute Gasteiger partial charge is 0.236 e. The third-order valence-electron chi connectivity index (χ3n) is 2.62. The topological polar surface area (TPSA) is 56.5 Å². The largest absolute Gasteiger partial charge is 0.238 e. The molecule has 0 saturated heterocycles. The van der Waals surface area contributed by atoms with Crippen molar-refractivity contribution in [2.75, 3.05) is 0 Å². The molecule has 0 bridgehead atoms. The number of hydrogen-bond acceptors (Lipinski definition) is 6. The zero-order valence-corrected chi connectivity index (χ0v) is 12.9. The first-order valence-corrected chi connectivity index (χ1v) is 7.95. The number of rotatable bonds is 4. The molecule has 5 nitrogen and oxygen atoms in total. The van der Waals surface area contributed by atoms with Crippen molar-refractivity contribution in [1.82, 2.24) is 25.2 Å². The molecule has 0 unspecified atom stereocenters. The van der Waals surface area contributed by atoms with E-state index in [1.165, 1.54) is 28.7 Å². The summed E-state index contributed by atoms with van der Waals surface area (Å²) < 4.78 is 1.45. The van der Waals surface area contributed by atoms with Crippen LogP contribution >= 0.6 is 34.7 Å². The molecule has 2 heterocycles. The Morgan fingerprint density at radius 2 is 2.20 bits per heavy atom. The van der Waals surface area contributed by atoms with Gasteiger partial charge in [-0.05, 0) is 35.0 Å². The lowest BCUT2D eigenvalue weighted by molar-refractivity contribution is 0.709. The standard InChI is InChI=1S/C12H10ClN5S2/c1-2-8-5-3-4-6-9(8)18-16-11(15-17-18)20-12-14-7-10(13)19-12/h3-7H,2H2,1H3. The molecule has 8 heteroatoms. The lowest BCUT2D eigenvalue weighted by atomic mass is 10.1. The van der Waals surface area contributed by atoms with Crippen LogP contribution in [-0.4, -0.2) is 25.2 Å². The molecular weight excluding hydrogens is 314 g/mol. The first kappa shape index (κ1) is 13.5. The summed E-state index contributed by atoms with van der Waals surface area (Å²) in [6.45, 7) is 2.10. The monoisotopic (exact) mass is 323 g/mol. The molecular formula is C12H10ClN5S2. The Kier molecular flexibility index (Phi) is 4.00. The van der Waals surface area contributed by atoms with Gasteiger partial charge < -0.3 is 0 Å². The molecule has 0 radical (unpaired) electrons. The fourth-order valence-electron chi connectivity index (χ4n) is 1.71. The summed E-state index contributed by atoms with van der Waals surface area (Å²) in [6.07, 6.45) is 2.54. The number of nitrogens with zero attached hydrogens (tertiary/aromatic N) is 5. The highest BCUT2D eigenvalue weighted by atomic mass is 35.5. The van der Waals surface area contributed by atoms with Gasteiger partial charge in [0, 0.05) is 0 Å². The number of halogens is 1. The van der Waals surface area contributed by atoms with Crippen LogP contribution in [0.5, 0.6) is 0 Å². The molecule has 102 valence electrons. The minimum Gasteiger partial charge on any atom is -0.236 e. The quantitative estimate of drug-likeness (QED) is 0.735. The van der Waals surface area contributed by atoms with Crippen LogP contribution in [0.2, 0.25) is 4.34 Å². The normalized spacial score (nSPS) is 10.9. The SMILES string of the molecule is CCc1ccccc1-n1nnc(Sc2ncc(Cl)s2)n1. The molecule has 0 atom stereocenters. The van der Waals surface area contributed by atoms with Crippen LogP contribution in [0.4, 0.5) is 0 Å². The Morgan fingerprint density at radius 1 is 1.35 bits per heavy atom. The van der Waals surface area contributed by atoms with E-state index < -0.39 is 0 Å². The van der Waals surface area contributed by atoms with Gasteiger partial charge in [0.25, 0.3) is 0 Å². The Bertz CT molecular complexity index is 724. The molecule has 0 amide bonds. The van der Waals surface area contributed by atoms with Crippen molar-refractivity contribution in [2.24, 2.45) is 0 Å². The number of benzene rings is 1. The van der Waals surface area contributed by atoms with Crippen molar-refractivity contribution in [3.05, 3.63) is 40.4 Å². The van der Waals surface area contributed by atoms with E-state index in [0.717, 1.165) is 16.4 Å². The van der Waals surface area contributed by atoms with Gasteiger partial charge in [-0.1, -0.05) is 48.1 Å². The van der Waals surface area contributed by atoms with Gasteiger partial charge in [0.2, 0.25) is 5.16 Å². The van der Waals surface area contributed by atoms with E-state index in [2.05, 4.69) is 33.4 Å². The van der Waals surface area contributed by atoms with Crippen molar-refractivity contribution < 1.29 is 0 Å². The van der Waals surface area contributed by atoms with E-state index in [1.54, 1.807) is 11.0 Å². The van der Waals surface area contributed by atoms with Crippen LogP contribution in [0.3, 0.4) is 0 Å². The summed E-state index contributed by atoms with van der Waals surface area (Å²) in [4.78, 5) is 5.71. The number of thiazole rings is 1. The van der Waals surface area contributed by atoms with Crippen LogP contribution in [0.25, 0.3) is 5.69 Å². The van der Waals surface area contributed by atoms with E-state index in [4.69, 9.17) is 11.6 Å². The summed E-state index contributed by atoms with van der Waals surface area (Å²) in [5.74, 6) is 0. The van der Waals surface area contributed by atoms with Crippen molar-refractivity contribution >= 4 is 34.7 Å². The highest BCUT2D eigenvalue weighted by Crippen LogP contribution is 2.30. The number of aromatic nitrogens is 5. The summed E-state index contributed by atoms with van der Waals surface area (Å²) in [6, 6.07) is 8.01. The molecule has 3 rings (SSSR count). The first-order chi connectivity index (χ1) is 9.76.